The number of rotatable bonds is 7. The molecule has 7 heteroatoms. The summed E-state index contributed by atoms with van der Waals surface area (Å²) in [6, 6.07) is 14.0. The molecule has 2 aromatic rings. The number of carbonyl (C=O) groups is 1. The van der Waals surface area contributed by atoms with Gasteiger partial charge < -0.3 is 15.8 Å². The number of hydrogen-bond donors (Lipinski definition) is 2. The minimum Gasteiger partial charge on any atom is -0.497 e. The normalized spacial score (nSPS) is 12.4. The lowest BCUT2D eigenvalue weighted by atomic mass is 10.2. The van der Waals surface area contributed by atoms with Crippen LogP contribution in [0.5, 0.6) is 5.75 Å². The van der Waals surface area contributed by atoms with Gasteiger partial charge in [0.25, 0.3) is 0 Å². The topological polar surface area (TPSA) is 98.5 Å². The summed E-state index contributed by atoms with van der Waals surface area (Å²) in [5.41, 5.74) is 6.58. The molecule has 0 aliphatic carbocycles. The van der Waals surface area contributed by atoms with E-state index in [9.17, 15) is 13.2 Å². The Kier molecular flexibility index (Phi) is 5.94. The van der Waals surface area contributed by atoms with Crippen LogP contribution in [-0.2, 0) is 21.2 Å². The van der Waals surface area contributed by atoms with Gasteiger partial charge in [-0.2, -0.15) is 0 Å². The summed E-state index contributed by atoms with van der Waals surface area (Å²) in [6.07, 6.45) is 0. The summed E-state index contributed by atoms with van der Waals surface area (Å²) in [5, 5.41) is 2.64. The number of carbonyl (C=O) groups excluding carboxylic acids is 1. The van der Waals surface area contributed by atoms with Gasteiger partial charge in [0.2, 0.25) is 5.91 Å². The minimum atomic E-state index is -3.60. The molecular formula is C17H20N2O4S. The Labute approximate surface area is 141 Å². The number of ether oxygens (including phenoxy) is 1. The Morgan fingerprint density at radius 3 is 2.54 bits per heavy atom. The smallest absolute Gasteiger partial charge is 0.238 e. The minimum absolute atomic E-state index is 0.154. The van der Waals surface area contributed by atoms with Crippen LogP contribution in [0.2, 0.25) is 0 Å². The van der Waals surface area contributed by atoms with Gasteiger partial charge >= 0.3 is 0 Å². The van der Waals surface area contributed by atoms with E-state index in [1.165, 1.54) is 12.1 Å². The zero-order valence-corrected chi connectivity index (χ0v) is 14.1. The van der Waals surface area contributed by atoms with Crippen molar-refractivity contribution >= 4 is 15.7 Å². The first-order valence-electron chi connectivity index (χ1n) is 7.36. The van der Waals surface area contributed by atoms with Gasteiger partial charge in [-0.05, 0) is 29.8 Å². The van der Waals surface area contributed by atoms with Gasteiger partial charge in [0, 0.05) is 6.54 Å². The molecule has 24 heavy (non-hydrogen) atoms. The van der Waals surface area contributed by atoms with Crippen molar-refractivity contribution in [1.82, 2.24) is 5.32 Å². The lowest BCUT2D eigenvalue weighted by molar-refractivity contribution is -0.122. The fourth-order valence-electron chi connectivity index (χ4n) is 2.14. The number of sulfone groups is 1. The maximum absolute atomic E-state index is 12.2. The predicted octanol–water partition coefficient (Wildman–Crippen LogP) is 1.11. The largest absolute Gasteiger partial charge is 0.497 e. The van der Waals surface area contributed by atoms with Crippen LogP contribution in [0.4, 0.5) is 0 Å². The van der Waals surface area contributed by atoms with Crippen LogP contribution in [-0.4, -0.2) is 33.2 Å². The van der Waals surface area contributed by atoms with Gasteiger partial charge in [0.1, 0.15) is 5.75 Å². The molecule has 2 aromatic carbocycles. The molecule has 3 N–H and O–H groups in total. The molecule has 0 spiro atoms. The summed E-state index contributed by atoms with van der Waals surface area (Å²) < 4.78 is 29.6. The Hall–Kier alpha value is -2.38. The summed E-state index contributed by atoms with van der Waals surface area (Å²) >= 11 is 0. The number of benzene rings is 2. The highest BCUT2D eigenvalue weighted by molar-refractivity contribution is 7.91. The molecule has 1 amide bonds. The molecule has 1 atom stereocenters. The average molecular weight is 348 g/mol. The Morgan fingerprint density at radius 2 is 1.88 bits per heavy atom. The van der Waals surface area contributed by atoms with Crippen LogP contribution in [0.1, 0.15) is 5.56 Å². The van der Waals surface area contributed by atoms with Crippen molar-refractivity contribution < 1.29 is 17.9 Å². The van der Waals surface area contributed by atoms with E-state index in [2.05, 4.69) is 5.32 Å². The molecule has 0 aliphatic rings. The third-order valence-corrected chi connectivity index (χ3v) is 5.23. The lowest BCUT2D eigenvalue weighted by Crippen LogP contribution is -2.44. The van der Waals surface area contributed by atoms with E-state index in [0.29, 0.717) is 5.75 Å². The van der Waals surface area contributed by atoms with Gasteiger partial charge in [-0.15, -0.1) is 0 Å². The fourth-order valence-corrected chi connectivity index (χ4v) is 3.53. The monoisotopic (exact) mass is 348 g/mol. The molecule has 128 valence electrons. The Morgan fingerprint density at radius 1 is 1.17 bits per heavy atom. The first kappa shape index (κ1) is 18.0. The van der Waals surface area contributed by atoms with Crippen LogP contribution >= 0.6 is 0 Å². The molecular weight excluding hydrogens is 328 g/mol. The quantitative estimate of drug-likeness (QED) is 0.781. The predicted molar refractivity (Wildman–Crippen MR) is 91.3 cm³/mol. The summed E-state index contributed by atoms with van der Waals surface area (Å²) in [5.74, 6) is -0.281. The zero-order valence-electron chi connectivity index (χ0n) is 13.3. The van der Waals surface area contributed by atoms with E-state index in [4.69, 9.17) is 10.5 Å². The Balaban J connectivity index is 1.95. The second kappa shape index (κ2) is 7.94. The highest BCUT2D eigenvalue weighted by Crippen LogP contribution is 2.13. The van der Waals surface area contributed by atoms with Crippen molar-refractivity contribution in [2.24, 2.45) is 5.73 Å². The second-order valence-corrected chi connectivity index (χ2v) is 7.30. The van der Waals surface area contributed by atoms with Crippen molar-refractivity contribution in [2.75, 3.05) is 12.9 Å². The standard InChI is InChI=1S/C17H20N2O4S/c1-23-14-7-5-6-13(10-14)11-19-17(20)16(18)12-24(21,22)15-8-3-2-4-9-15/h2-10,16H,11-12,18H2,1H3,(H,19,20)/t16-/m0/s1. The van der Waals surface area contributed by atoms with Gasteiger partial charge in [-0.25, -0.2) is 8.42 Å². The van der Waals surface area contributed by atoms with E-state index in [1.54, 1.807) is 43.5 Å². The number of nitrogens with two attached hydrogens (primary N) is 1. The first-order chi connectivity index (χ1) is 11.4. The first-order valence-corrected chi connectivity index (χ1v) is 9.01. The Bertz CT molecular complexity index is 791. The van der Waals surface area contributed by atoms with Crippen molar-refractivity contribution in [1.29, 1.82) is 0 Å². The van der Waals surface area contributed by atoms with E-state index in [1.807, 2.05) is 6.07 Å². The third kappa shape index (κ3) is 4.81. The van der Waals surface area contributed by atoms with E-state index >= 15 is 0 Å². The number of methoxy groups -OCH3 is 1. The van der Waals surface area contributed by atoms with Crippen LogP contribution < -0.4 is 15.8 Å². The molecule has 6 nitrogen and oxygen atoms in total. The lowest BCUT2D eigenvalue weighted by Gasteiger charge is -2.13. The highest BCUT2D eigenvalue weighted by Gasteiger charge is 2.23. The summed E-state index contributed by atoms with van der Waals surface area (Å²) in [7, 11) is -2.05. The molecule has 0 unspecified atom stereocenters. The average Bonchev–Trinajstić information content (AvgIpc) is 2.60. The van der Waals surface area contributed by atoms with Crippen molar-refractivity contribution in [3.05, 3.63) is 60.2 Å². The molecule has 0 radical (unpaired) electrons. The number of nitrogens with one attached hydrogen (secondary N) is 1. The maximum Gasteiger partial charge on any atom is 0.238 e. The molecule has 0 aromatic heterocycles. The molecule has 0 bridgehead atoms. The number of hydrogen-bond acceptors (Lipinski definition) is 5. The van der Waals surface area contributed by atoms with Gasteiger partial charge in [-0.3, -0.25) is 4.79 Å². The van der Waals surface area contributed by atoms with Gasteiger partial charge in [0.15, 0.2) is 9.84 Å². The zero-order chi connectivity index (χ0) is 17.6. The van der Waals surface area contributed by atoms with Gasteiger partial charge in [0.05, 0.1) is 23.8 Å². The molecule has 2 rings (SSSR count). The van der Waals surface area contributed by atoms with Crippen LogP contribution in [0.15, 0.2) is 59.5 Å². The fraction of sp³-hybridized carbons (Fsp3) is 0.235. The van der Waals surface area contributed by atoms with Crippen LogP contribution in [0.3, 0.4) is 0 Å². The van der Waals surface area contributed by atoms with E-state index in [-0.39, 0.29) is 11.4 Å². The van der Waals surface area contributed by atoms with E-state index in [0.717, 1.165) is 5.56 Å². The van der Waals surface area contributed by atoms with Gasteiger partial charge in [-0.1, -0.05) is 30.3 Å². The van der Waals surface area contributed by atoms with E-state index < -0.39 is 27.5 Å². The van der Waals surface area contributed by atoms with Crippen LogP contribution in [0, 0.1) is 0 Å². The highest BCUT2D eigenvalue weighted by atomic mass is 32.2. The molecule has 0 saturated carbocycles. The molecule has 0 saturated heterocycles. The maximum atomic E-state index is 12.2. The summed E-state index contributed by atoms with van der Waals surface area (Å²) in [4.78, 5) is 12.2. The van der Waals surface area contributed by atoms with Crippen molar-refractivity contribution in [3.63, 3.8) is 0 Å². The van der Waals surface area contributed by atoms with Crippen molar-refractivity contribution in [3.8, 4) is 5.75 Å². The molecule has 0 aliphatic heterocycles. The summed E-state index contributed by atoms with van der Waals surface area (Å²) in [6.45, 7) is 0.245. The van der Waals surface area contributed by atoms with Crippen molar-refractivity contribution in [2.45, 2.75) is 17.5 Å². The SMILES string of the molecule is COc1cccc(CNC(=O)[C@@H](N)CS(=O)(=O)c2ccccc2)c1. The molecule has 0 fully saturated rings. The number of amides is 1. The van der Waals surface area contributed by atoms with Crippen LogP contribution in [0.25, 0.3) is 0 Å². The second-order valence-electron chi connectivity index (χ2n) is 5.27. The molecule has 0 heterocycles. The third-order valence-electron chi connectivity index (χ3n) is 3.44.